The van der Waals surface area contributed by atoms with Crippen LogP contribution in [0.4, 0.5) is 0 Å². The van der Waals surface area contributed by atoms with E-state index in [1.165, 1.54) is 31.4 Å². The molecule has 2 aliphatic rings. The SMILES string of the molecule is c1cnc2c(c1)sc1c3cc-3cc12. The number of hydrogen-bond acceptors (Lipinski definition) is 2. The van der Waals surface area contributed by atoms with Gasteiger partial charge in [0.25, 0.3) is 0 Å². The summed E-state index contributed by atoms with van der Waals surface area (Å²) in [7, 11) is 0. The summed E-state index contributed by atoms with van der Waals surface area (Å²) in [6.07, 6.45) is 1.87. The van der Waals surface area contributed by atoms with E-state index in [0.717, 1.165) is 0 Å². The zero-order valence-electron chi connectivity index (χ0n) is 6.74. The predicted molar refractivity (Wildman–Crippen MR) is 56.1 cm³/mol. The fraction of sp³-hybridized carbons (Fsp3) is 0. The van der Waals surface area contributed by atoms with Gasteiger partial charge in [-0.3, -0.25) is 4.98 Å². The van der Waals surface area contributed by atoms with Crippen LogP contribution in [0, 0.1) is 0 Å². The molecule has 0 atom stereocenters. The lowest BCUT2D eigenvalue weighted by molar-refractivity contribution is 1.44. The van der Waals surface area contributed by atoms with Crippen molar-refractivity contribution in [3.8, 4) is 11.1 Å². The lowest BCUT2D eigenvalue weighted by Crippen LogP contribution is -1.68. The Kier molecular flexibility index (Phi) is 0.822. The van der Waals surface area contributed by atoms with Gasteiger partial charge in [0.1, 0.15) is 0 Å². The van der Waals surface area contributed by atoms with Crippen molar-refractivity contribution in [2.45, 2.75) is 0 Å². The standard InChI is InChI=1S/C11H5NS/c1-2-9-10(12-3-1)8-5-6-4-7(6)11(8)13-9/h1-5H. The predicted octanol–water partition coefficient (Wildman–Crippen LogP) is 3.43. The maximum Gasteiger partial charge on any atom is 0.0888 e. The summed E-state index contributed by atoms with van der Waals surface area (Å²) in [5, 5.41) is 1.34. The van der Waals surface area contributed by atoms with Crippen LogP contribution >= 0.6 is 11.3 Å². The number of aromatic nitrogens is 1. The van der Waals surface area contributed by atoms with Gasteiger partial charge in [0.2, 0.25) is 0 Å². The topological polar surface area (TPSA) is 12.9 Å². The number of nitrogens with zero attached hydrogens (tertiary/aromatic N) is 1. The average molecular weight is 183 g/mol. The van der Waals surface area contributed by atoms with Crippen LogP contribution in [0.5, 0.6) is 0 Å². The number of rotatable bonds is 0. The summed E-state index contributed by atoms with van der Waals surface area (Å²) in [5.41, 5.74) is 4.02. The number of thiophene rings is 1. The molecule has 13 heavy (non-hydrogen) atoms. The molecule has 0 spiro atoms. The molecule has 0 unspecified atom stereocenters. The molecule has 0 fully saturated rings. The molecule has 1 nitrogen and oxygen atoms in total. The van der Waals surface area contributed by atoms with Gasteiger partial charge in [0.05, 0.1) is 10.2 Å². The van der Waals surface area contributed by atoms with Crippen LogP contribution < -0.4 is 0 Å². The molecule has 2 heteroatoms. The first-order chi connectivity index (χ1) is 6.43. The van der Waals surface area contributed by atoms with Crippen molar-refractivity contribution in [3.63, 3.8) is 0 Å². The van der Waals surface area contributed by atoms with Crippen LogP contribution in [0.2, 0.25) is 0 Å². The fourth-order valence-electron chi connectivity index (χ4n) is 1.87. The van der Waals surface area contributed by atoms with Gasteiger partial charge in [0.15, 0.2) is 0 Å². The number of hydrogen-bond donors (Lipinski definition) is 0. The quantitative estimate of drug-likeness (QED) is 0.407. The Morgan fingerprint density at radius 3 is 3.23 bits per heavy atom. The molecule has 2 aromatic rings. The van der Waals surface area contributed by atoms with Crippen molar-refractivity contribution in [3.05, 3.63) is 30.5 Å². The molecule has 60 valence electrons. The molecule has 2 heterocycles. The molecular weight excluding hydrogens is 178 g/mol. The lowest BCUT2D eigenvalue weighted by Gasteiger charge is -1.84. The first-order valence-electron chi connectivity index (χ1n) is 4.25. The second kappa shape index (κ2) is 1.75. The van der Waals surface area contributed by atoms with Crippen molar-refractivity contribution < 1.29 is 0 Å². The molecule has 0 saturated heterocycles. The zero-order chi connectivity index (χ0) is 8.41. The highest BCUT2D eigenvalue weighted by Crippen LogP contribution is 2.48. The van der Waals surface area contributed by atoms with Crippen LogP contribution in [0.3, 0.4) is 0 Å². The fourth-order valence-corrected chi connectivity index (χ4v) is 3.05. The monoisotopic (exact) mass is 183 g/mol. The Morgan fingerprint density at radius 2 is 2.23 bits per heavy atom. The first-order valence-corrected chi connectivity index (χ1v) is 5.07. The van der Waals surface area contributed by atoms with Gasteiger partial charge in [0, 0.05) is 21.8 Å². The van der Waals surface area contributed by atoms with E-state index in [2.05, 4.69) is 23.2 Å². The van der Waals surface area contributed by atoms with Gasteiger partial charge in [-0.2, -0.15) is 0 Å². The van der Waals surface area contributed by atoms with E-state index < -0.39 is 0 Å². The van der Waals surface area contributed by atoms with Crippen molar-refractivity contribution in [2.75, 3.05) is 0 Å². The average Bonchev–Trinajstić information content (AvgIpc) is 2.68. The third kappa shape index (κ3) is 0.617. The highest BCUT2D eigenvalue weighted by molar-refractivity contribution is 7.26. The van der Waals surface area contributed by atoms with E-state index in [9.17, 15) is 0 Å². The number of benzene rings is 1. The van der Waals surface area contributed by atoms with Gasteiger partial charge < -0.3 is 0 Å². The molecule has 0 saturated carbocycles. The Hall–Kier alpha value is -1.41. The van der Waals surface area contributed by atoms with E-state index in [4.69, 9.17) is 0 Å². The summed E-state index contributed by atoms with van der Waals surface area (Å²) in [6, 6.07) is 8.62. The van der Waals surface area contributed by atoms with Crippen LogP contribution in [0.25, 0.3) is 31.4 Å². The van der Waals surface area contributed by atoms with Crippen LogP contribution in [0.1, 0.15) is 0 Å². The minimum absolute atomic E-state index is 1.17. The molecule has 0 bridgehead atoms. The van der Waals surface area contributed by atoms with Crippen molar-refractivity contribution >= 4 is 31.6 Å². The molecule has 4 rings (SSSR count). The lowest BCUT2D eigenvalue weighted by atomic mass is 10.3. The Morgan fingerprint density at radius 1 is 1.23 bits per heavy atom. The highest BCUT2D eigenvalue weighted by atomic mass is 32.1. The highest BCUT2D eigenvalue weighted by Gasteiger charge is 2.21. The summed E-state index contributed by atoms with van der Waals surface area (Å²) in [6.45, 7) is 0. The normalized spacial score (nSPS) is 12.6. The molecule has 0 aliphatic heterocycles. The van der Waals surface area contributed by atoms with Crippen LogP contribution in [0.15, 0.2) is 30.5 Å². The van der Waals surface area contributed by atoms with E-state index in [1.807, 2.05) is 23.6 Å². The Balaban J connectivity index is 2.41. The summed E-state index contributed by atoms with van der Waals surface area (Å²) < 4.78 is 2.72. The maximum absolute atomic E-state index is 4.41. The second-order valence-corrected chi connectivity index (χ2v) is 4.40. The van der Waals surface area contributed by atoms with Gasteiger partial charge in [-0.1, -0.05) is 0 Å². The van der Waals surface area contributed by atoms with Gasteiger partial charge in [-0.15, -0.1) is 11.3 Å². The van der Waals surface area contributed by atoms with Crippen LogP contribution in [-0.2, 0) is 0 Å². The Bertz CT molecular complexity index is 652. The van der Waals surface area contributed by atoms with Crippen molar-refractivity contribution in [1.82, 2.24) is 4.98 Å². The first kappa shape index (κ1) is 6.11. The van der Waals surface area contributed by atoms with E-state index in [0.29, 0.717) is 0 Å². The van der Waals surface area contributed by atoms with Gasteiger partial charge in [-0.05, 0) is 29.8 Å². The molecule has 0 N–H and O–H groups in total. The van der Waals surface area contributed by atoms with Crippen LogP contribution in [-0.4, -0.2) is 4.98 Å². The molecule has 2 aromatic heterocycles. The van der Waals surface area contributed by atoms with Crippen molar-refractivity contribution in [2.24, 2.45) is 0 Å². The summed E-state index contributed by atoms with van der Waals surface area (Å²) in [4.78, 5) is 4.41. The summed E-state index contributed by atoms with van der Waals surface area (Å²) in [5.74, 6) is 0. The molecule has 0 aromatic carbocycles. The number of pyridine rings is 1. The van der Waals surface area contributed by atoms with Gasteiger partial charge >= 0.3 is 0 Å². The van der Waals surface area contributed by atoms with Gasteiger partial charge in [-0.25, -0.2) is 0 Å². The maximum atomic E-state index is 4.41. The van der Waals surface area contributed by atoms with E-state index in [-0.39, 0.29) is 0 Å². The molecule has 0 radical (unpaired) electrons. The molecule has 2 aliphatic carbocycles. The zero-order valence-corrected chi connectivity index (χ0v) is 7.56. The Labute approximate surface area is 78.6 Å². The molecular formula is C11H5NS. The minimum Gasteiger partial charge on any atom is -0.255 e. The summed E-state index contributed by atoms with van der Waals surface area (Å²) >= 11 is 1.85. The largest absolute Gasteiger partial charge is 0.255 e. The second-order valence-electron chi connectivity index (χ2n) is 3.35. The van der Waals surface area contributed by atoms with E-state index >= 15 is 0 Å². The minimum atomic E-state index is 1.17. The number of fused-ring (bicyclic) bond motifs is 5. The molecule has 0 amide bonds. The smallest absolute Gasteiger partial charge is 0.0888 e. The van der Waals surface area contributed by atoms with E-state index in [1.54, 1.807) is 0 Å². The third-order valence-corrected chi connectivity index (χ3v) is 3.75. The third-order valence-electron chi connectivity index (χ3n) is 2.55. The van der Waals surface area contributed by atoms with Crippen molar-refractivity contribution in [1.29, 1.82) is 0 Å².